The second kappa shape index (κ2) is 3.56. The van der Waals surface area contributed by atoms with Crippen LogP contribution in [-0.4, -0.2) is 14.6 Å². The molecule has 4 heteroatoms. The van der Waals surface area contributed by atoms with Crippen LogP contribution in [0, 0.1) is 11.3 Å². The highest BCUT2D eigenvalue weighted by molar-refractivity contribution is 5.42. The molecule has 0 amide bonds. The molecule has 4 nitrogen and oxygen atoms in total. The van der Waals surface area contributed by atoms with Crippen molar-refractivity contribution in [1.82, 2.24) is 14.6 Å². The number of aryl methyl sites for hydroxylation is 1. The summed E-state index contributed by atoms with van der Waals surface area (Å²) in [5, 5.41) is 13.7. The van der Waals surface area contributed by atoms with Gasteiger partial charge in [0.15, 0.2) is 5.65 Å². The molecule has 0 bridgehead atoms. The third-order valence-electron chi connectivity index (χ3n) is 3.70. The molecular formula is C13H14N4. The lowest BCUT2D eigenvalue weighted by Gasteiger charge is -2.34. The van der Waals surface area contributed by atoms with Crippen molar-refractivity contribution in [2.75, 3.05) is 0 Å². The SMILES string of the molecule is CCc1cc2ncc(C3(C#N)CCC3)cn2n1. The molecule has 1 saturated carbocycles. The molecule has 0 N–H and O–H groups in total. The van der Waals surface area contributed by atoms with E-state index in [-0.39, 0.29) is 5.41 Å². The second-order valence-electron chi connectivity index (χ2n) is 4.68. The lowest BCUT2D eigenvalue weighted by molar-refractivity contribution is 0.322. The van der Waals surface area contributed by atoms with Gasteiger partial charge in [0, 0.05) is 24.0 Å². The monoisotopic (exact) mass is 226 g/mol. The van der Waals surface area contributed by atoms with Crippen LogP contribution in [0.3, 0.4) is 0 Å². The van der Waals surface area contributed by atoms with E-state index >= 15 is 0 Å². The summed E-state index contributed by atoms with van der Waals surface area (Å²) < 4.78 is 1.80. The van der Waals surface area contributed by atoms with Crippen molar-refractivity contribution < 1.29 is 0 Å². The van der Waals surface area contributed by atoms with Gasteiger partial charge in [-0.15, -0.1) is 0 Å². The minimum atomic E-state index is -0.306. The molecular weight excluding hydrogens is 212 g/mol. The summed E-state index contributed by atoms with van der Waals surface area (Å²) >= 11 is 0. The summed E-state index contributed by atoms with van der Waals surface area (Å²) in [6.07, 6.45) is 7.72. The Bertz CT molecular complexity index is 601. The number of hydrogen-bond donors (Lipinski definition) is 0. The van der Waals surface area contributed by atoms with E-state index in [1.807, 2.05) is 18.5 Å². The first-order valence-electron chi connectivity index (χ1n) is 6.03. The zero-order valence-corrected chi connectivity index (χ0v) is 9.85. The average molecular weight is 226 g/mol. The highest BCUT2D eigenvalue weighted by atomic mass is 15.2. The van der Waals surface area contributed by atoms with E-state index in [9.17, 15) is 5.26 Å². The molecule has 0 radical (unpaired) electrons. The van der Waals surface area contributed by atoms with Gasteiger partial charge in [0.25, 0.3) is 0 Å². The summed E-state index contributed by atoms with van der Waals surface area (Å²) in [6.45, 7) is 2.07. The van der Waals surface area contributed by atoms with Gasteiger partial charge in [0.1, 0.15) is 0 Å². The van der Waals surface area contributed by atoms with Crippen molar-refractivity contribution in [2.45, 2.75) is 38.0 Å². The molecule has 2 aromatic rings. The minimum Gasteiger partial charge on any atom is -0.237 e. The number of fused-ring (bicyclic) bond motifs is 1. The summed E-state index contributed by atoms with van der Waals surface area (Å²) in [5.74, 6) is 0. The fourth-order valence-corrected chi connectivity index (χ4v) is 2.34. The van der Waals surface area contributed by atoms with Gasteiger partial charge >= 0.3 is 0 Å². The van der Waals surface area contributed by atoms with E-state index in [0.29, 0.717) is 0 Å². The zero-order chi connectivity index (χ0) is 11.9. The maximum atomic E-state index is 9.31. The van der Waals surface area contributed by atoms with E-state index in [2.05, 4.69) is 23.1 Å². The van der Waals surface area contributed by atoms with Crippen LogP contribution in [0.25, 0.3) is 5.65 Å². The highest BCUT2D eigenvalue weighted by Gasteiger charge is 2.39. The molecule has 2 aromatic heterocycles. The maximum Gasteiger partial charge on any atom is 0.155 e. The summed E-state index contributed by atoms with van der Waals surface area (Å²) in [5.41, 5.74) is 2.59. The van der Waals surface area contributed by atoms with Crippen molar-refractivity contribution in [3.05, 3.63) is 29.7 Å². The zero-order valence-electron chi connectivity index (χ0n) is 9.85. The Hall–Kier alpha value is -1.89. The van der Waals surface area contributed by atoms with Crippen molar-refractivity contribution in [1.29, 1.82) is 5.26 Å². The largest absolute Gasteiger partial charge is 0.237 e. The molecule has 86 valence electrons. The first kappa shape index (κ1) is 10.3. The molecule has 3 rings (SSSR count). The Morgan fingerprint density at radius 2 is 2.35 bits per heavy atom. The Labute approximate surface area is 99.9 Å². The predicted molar refractivity (Wildman–Crippen MR) is 63.5 cm³/mol. The maximum absolute atomic E-state index is 9.31. The molecule has 1 fully saturated rings. The van der Waals surface area contributed by atoms with E-state index in [1.165, 1.54) is 0 Å². The van der Waals surface area contributed by atoms with E-state index < -0.39 is 0 Å². The van der Waals surface area contributed by atoms with Gasteiger partial charge in [-0.2, -0.15) is 10.4 Å². The Morgan fingerprint density at radius 3 is 2.94 bits per heavy atom. The van der Waals surface area contributed by atoms with Gasteiger partial charge in [-0.25, -0.2) is 9.50 Å². The lowest BCUT2D eigenvalue weighted by atomic mass is 9.66. The lowest BCUT2D eigenvalue weighted by Crippen LogP contribution is -2.32. The second-order valence-corrected chi connectivity index (χ2v) is 4.68. The van der Waals surface area contributed by atoms with Crippen molar-refractivity contribution in [3.63, 3.8) is 0 Å². The topological polar surface area (TPSA) is 54.0 Å². The number of nitriles is 1. The summed E-state index contributed by atoms with van der Waals surface area (Å²) in [6, 6.07) is 4.43. The summed E-state index contributed by atoms with van der Waals surface area (Å²) in [7, 11) is 0. The first-order chi connectivity index (χ1) is 8.27. The van der Waals surface area contributed by atoms with Crippen molar-refractivity contribution in [2.24, 2.45) is 0 Å². The third kappa shape index (κ3) is 1.42. The molecule has 0 spiro atoms. The first-order valence-corrected chi connectivity index (χ1v) is 6.03. The fraction of sp³-hybridized carbons (Fsp3) is 0.462. The molecule has 1 aliphatic carbocycles. The van der Waals surface area contributed by atoms with Gasteiger partial charge in [0.2, 0.25) is 0 Å². The van der Waals surface area contributed by atoms with Crippen LogP contribution in [-0.2, 0) is 11.8 Å². The Morgan fingerprint density at radius 1 is 1.53 bits per heavy atom. The Balaban J connectivity index is 2.10. The van der Waals surface area contributed by atoms with E-state index in [0.717, 1.165) is 42.6 Å². The molecule has 0 saturated heterocycles. The van der Waals surface area contributed by atoms with E-state index in [1.54, 1.807) is 4.52 Å². The van der Waals surface area contributed by atoms with Crippen LogP contribution < -0.4 is 0 Å². The normalized spacial score (nSPS) is 17.6. The predicted octanol–water partition coefficient (Wildman–Crippen LogP) is 2.24. The average Bonchev–Trinajstić information content (AvgIpc) is 2.70. The summed E-state index contributed by atoms with van der Waals surface area (Å²) in [4.78, 5) is 4.40. The number of nitrogens with zero attached hydrogens (tertiary/aromatic N) is 4. The van der Waals surface area contributed by atoms with Crippen LogP contribution in [0.1, 0.15) is 37.4 Å². The van der Waals surface area contributed by atoms with Crippen LogP contribution >= 0.6 is 0 Å². The Kier molecular flexibility index (Phi) is 2.15. The molecule has 0 unspecified atom stereocenters. The van der Waals surface area contributed by atoms with Crippen LogP contribution in [0.15, 0.2) is 18.5 Å². The standard InChI is InChI=1S/C13H14N4/c1-2-11-6-12-15-7-10(8-17(12)16-11)13(9-14)4-3-5-13/h6-8H,2-5H2,1H3. The highest BCUT2D eigenvalue weighted by Crippen LogP contribution is 2.42. The molecule has 0 atom stereocenters. The minimum absolute atomic E-state index is 0.306. The van der Waals surface area contributed by atoms with Crippen LogP contribution in [0.5, 0.6) is 0 Å². The number of rotatable bonds is 2. The molecule has 1 aliphatic rings. The fourth-order valence-electron chi connectivity index (χ4n) is 2.34. The number of aromatic nitrogens is 3. The van der Waals surface area contributed by atoms with Gasteiger partial charge in [-0.3, -0.25) is 0 Å². The smallest absolute Gasteiger partial charge is 0.155 e. The van der Waals surface area contributed by atoms with Crippen LogP contribution in [0.4, 0.5) is 0 Å². The van der Waals surface area contributed by atoms with Gasteiger partial charge in [-0.1, -0.05) is 6.92 Å². The molecule has 0 aliphatic heterocycles. The van der Waals surface area contributed by atoms with Gasteiger partial charge < -0.3 is 0 Å². The van der Waals surface area contributed by atoms with Crippen molar-refractivity contribution >= 4 is 5.65 Å². The third-order valence-corrected chi connectivity index (χ3v) is 3.70. The molecule has 17 heavy (non-hydrogen) atoms. The van der Waals surface area contributed by atoms with Crippen molar-refractivity contribution in [3.8, 4) is 6.07 Å². The van der Waals surface area contributed by atoms with E-state index in [4.69, 9.17) is 0 Å². The molecule has 2 heterocycles. The van der Waals surface area contributed by atoms with Crippen LogP contribution in [0.2, 0.25) is 0 Å². The van der Waals surface area contributed by atoms with Gasteiger partial charge in [-0.05, 0) is 25.7 Å². The quantitative estimate of drug-likeness (QED) is 0.789. The number of hydrogen-bond acceptors (Lipinski definition) is 3. The van der Waals surface area contributed by atoms with Gasteiger partial charge in [0.05, 0.1) is 17.2 Å². The molecule has 0 aromatic carbocycles.